The van der Waals surface area contributed by atoms with Crippen LogP contribution in [-0.4, -0.2) is 36.1 Å². The summed E-state index contributed by atoms with van der Waals surface area (Å²) in [6.07, 6.45) is 0. The van der Waals surface area contributed by atoms with Crippen molar-refractivity contribution in [3.63, 3.8) is 0 Å². The van der Waals surface area contributed by atoms with Gasteiger partial charge in [-0.15, -0.1) is 0 Å². The van der Waals surface area contributed by atoms with Gasteiger partial charge in [-0.25, -0.2) is 13.5 Å². The van der Waals surface area contributed by atoms with Crippen LogP contribution in [0.4, 0.5) is 0 Å². The van der Waals surface area contributed by atoms with Crippen molar-refractivity contribution in [3.05, 3.63) is 35.9 Å². The standard InChI is InChI=1S/C10H11NO4S/c12-10-7-16(14,15)6-9(11(10)13)8-4-2-1-3-5-8/h1-5,9,13H,6-7H2. The molecular weight excluding hydrogens is 230 g/mol. The molecule has 1 aliphatic rings. The average Bonchev–Trinajstić information content (AvgIpc) is 2.24. The average molecular weight is 241 g/mol. The molecule has 1 unspecified atom stereocenters. The molecule has 1 aliphatic heterocycles. The summed E-state index contributed by atoms with van der Waals surface area (Å²) < 4.78 is 22.9. The van der Waals surface area contributed by atoms with E-state index in [4.69, 9.17) is 0 Å². The molecule has 6 heteroatoms. The minimum absolute atomic E-state index is 0.237. The monoisotopic (exact) mass is 241 g/mol. The Morgan fingerprint density at radius 2 is 1.88 bits per heavy atom. The molecule has 1 N–H and O–H groups in total. The maximum absolute atomic E-state index is 11.4. The van der Waals surface area contributed by atoms with Crippen molar-refractivity contribution in [2.24, 2.45) is 0 Å². The van der Waals surface area contributed by atoms with Gasteiger partial charge in [-0.2, -0.15) is 0 Å². The molecule has 1 aromatic rings. The summed E-state index contributed by atoms with van der Waals surface area (Å²) in [5, 5.41) is 10.1. The van der Waals surface area contributed by atoms with Crippen LogP contribution in [0.15, 0.2) is 30.3 Å². The van der Waals surface area contributed by atoms with Crippen LogP contribution in [-0.2, 0) is 14.6 Å². The van der Waals surface area contributed by atoms with Gasteiger partial charge in [0.05, 0.1) is 11.8 Å². The Morgan fingerprint density at radius 1 is 1.25 bits per heavy atom. The van der Waals surface area contributed by atoms with Crippen molar-refractivity contribution in [1.29, 1.82) is 0 Å². The highest BCUT2D eigenvalue weighted by atomic mass is 32.2. The van der Waals surface area contributed by atoms with Gasteiger partial charge in [0.25, 0.3) is 5.91 Å². The number of hydrogen-bond acceptors (Lipinski definition) is 4. The highest BCUT2D eigenvalue weighted by Crippen LogP contribution is 2.25. The SMILES string of the molecule is O=C1CS(=O)(=O)CC(c2ccccc2)N1O. The van der Waals surface area contributed by atoms with Crippen molar-refractivity contribution < 1.29 is 18.4 Å². The van der Waals surface area contributed by atoms with E-state index in [2.05, 4.69) is 0 Å². The van der Waals surface area contributed by atoms with Crippen LogP contribution in [0, 0.1) is 0 Å². The first kappa shape index (κ1) is 11.1. The van der Waals surface area contributed by atoms with Crippen LogP contribution in [0.2, 0.25) is 0 Å². The van der Waals surface area contributed by atoms with Gasteiger partial charge >= 0.3 is 0 Å². The molecule has 1 amide bonds. The van der Waals surface area contributed by atoms with E-state index >= 15 is 0 Å². The largest absolute Gasteiger partial charge is 0.285 e. The third-order valence-electron chi connectivity index (χ3n) is 2.49. The second-order valence-electron chi connectivity index (χ2n) is 3.72. The molecular formula is C10H11NO4S. The fourth-order valence-corrected chi connectivity index (χ4v) is 3.15. The number of hydroxylamine groups is 2. The number of carbonyl (C=O) groups excluding carboxylic acids is 1. The zero-order valence-electron chi connectivity index (χ0n) is 8.41. The predicted molar refractivity (Wildman–Crippen MR) is 56.5 cm³/mol. The number of hydrogen-bond donors (Lipinski definition) is 1. The first-order valence-electron chi connectivity index (χ1n) is 4.76. The first-order valence-corrected chi connectivity index (χ1v) is 6.58. The normalized spacial score (nSPS) is 24.4. The van der Waals surface area contributed by atoms with Crippen LogP contribution in [0.25, 0.3) is 0 Å². The van der Waals surface area contributed by atoms with Gasteiger partial charge < -0.3 is 0 Å². The van der Waals surface area contributed by atoms with E-state index in [0.29, 0.717) is 10.6 Å². The lowest BCUT2D eigenvalue weighted by atomic mass is 10.1. The summed E-state index contributed by atoms with van der Waals surface area (Å²) in [6, 6.07) is 7.81. The van der Waals surface area contributed by atoms with Crippen LogP contribution in [0.1, 0.15) is 11.6 Å². The molecule has 86 valence electrons. The van der Waals surface area contributed by atoms with Crippen molar-refractivity contribution in [2.45, 2.75) is 6.04 Å². The molecule has 1 atom stereocenters. The molecule has 1 saturated heterocycles. The third-order valence-corrected chi connectivity index (χ3v) is 4.00. The summed E-state index contributed by atoms with van der Waals surface area (Å²) >= 11 is 0. The van der Waals surface area contributed by atoms with Crippen molar-refractivity contribution in [1.82, 2.24) is 5.06 Å². The molecule has 0 aliphatic carbocycles. The fraction of sp³-hybridized carbons (Fsp3) is 0.300. The number of rotatable bonds is 1. The molecule has 0 aromatic heterocycles. The van der Waals surface area contributed by atoms with Crippen molar-refractivity contribution in [2.75, 3.05) is 11.5 Å². The Kier molecular flexibility index (Phi) is 2.69. The maximum atomic E-state index is 11.4. The van der Waals surface area contributed by atoms with E-state index < -0.39 is 27.5 Å². The van der Waals surface area contributed by atoms with Gasteiger partial charge in [-0.05, 0) is 5.56 Å². The molecule has 0 spiro atoms. The minimum atomic E-state index is -3.41. The third kappa shape index (κ3) is 2.07. The topological polar surface area (TPSA) is 74.7 Å². The zero-order valence-corrected chi connectivity index (χ0v) is 9.22. The number of nitrogens with zero attached hydrogens (tertiary/aromatic N) is 1. The molecule has 0 bridgehead atoms. The lowest BCUT2D eigenvalue weighted by molar-refractivity contribution is -0.173. The fourth-order valence-electron chi connectivity index (χ4n) is 1.71. The van der Waals surface area contributed by atoms with Gasteiger partial charge in [0.2, 0.25) is 0 Å². The number of benzene rings is 1. The Bertz CT molecular complexity index is 497. The van der Waals surface area contributed by atoms with Gasteiger partial charge in [-0.3, -0.25) is 10.0 Å². The molecule has 5 nitrogen and oxygen atoms in total. The predicted octanol–water partition coefficient (Wildman–Crippen LogP) is 0.374. The Labute approximate surface area is 93.2 Å². The summed E-state index contributed by atoms with van der Waals surface area (Å²) in [7, 11) is -3.41. The van der Waals surface area contributed by atoms with E-state index in [0.717, 1.165) is 0 Å². The molecule has 1 heterocycles. The van der Waals surface area contributed by atoms with Gasteiger partial charge in [-0.1, -0.05) is 30.3 Å². The van der Waals surface area contributed by atoms with E-state index in [1.807, 2.05) is 0 Å². The summed E-state index contributed by atoms with van der Waals surface area (Å²) in [6.45, 7) is 0. The Hall–Kier alpha value is -1.40. The first-order chi connectivity index (χ1) is 7.49. The van der Waals surface area contributed by atoms with Crippen LogP contribution < -0.4 is 0 Å². The molecule has 1 fully saturated rings. The lowest BCUT2D eigenvalue weighted by Gasteiger charge is -2.30. The molecule has 2 rings (SSSR count). The van der Waals surface area contributed by atoms with Crippen LogP contribution >= 0.6 is 0 Å². The van der Waals surface area contributed by atoms with Crippen molar-refractivity contribution in [3.8, 4) is 0 Å². The van der Waals surface area contributed by atoms with Crippen molar-refractivity contribution >= 4 is 15.7 Å². The van der Waals surface area contributed by atoms with E-state index in [1.54, 1.807) is 30.3 Å². The van der Waals surface area contributed by atoms with E-state index in [1.165, 1.54) is 0 Å². The number of sulfone groups is 1. The lowest BCUT2D eigenvalue weighted by Crippen LogP contribution is -2.45. The van der Waals surface area contributed by atoms with E-state index in [-0.39, 0.29) is 5.75 Å². The summed E-state index contributed by atoms with van der Waals surface area (Å²) in [4.78, 5) is 11.3. The smallest absolute Gasteiger partial charge is 0.261 e. The number of carbonyl (C=O) groups is 1. The summed E-state index contributed by atoms with van der Waals surface area (Å²) in [5.41, 5.74) is 0.613. The van der Waals surface area contributed by atoms with Gasteiger partial charge in [0.15, 0.2) is 9.84 Å². The molecule has 16 heavy (non-hydrogen) atoms. The second-order valence-corrected chi connectivity index (χ2v) is 5.83. The molecule has 0 saturated carbocycles. The quantitative estimate of drug-likeness (QED) is 0.721. The Balaban J connectivity index is 2.37. The Morgan fingerprint density at radius 3 is 2.50 bits per heavy atom. The van der Waals surface area contributed by atoms with Gasteiger partial charge in [0, 0.05) is 0 Å². The molecule has 1 aromatic carbocycles. The minimum Gasteiger partial charge on any atom is -0.285 e. The van der Waals surface area contributed by atoms with Crippen LogP contribution in [0.5, 0.6) is 0 Å². The number of amides is 1. The maximum Gasteiger partial charge on any atom is 0.261 e. The summed E-state index contributed by atoms with van der Waals surface area (Å²) in [5.74, 6) is -1.63. The molecule has 0 radical (unpaired) electrons. The highest BCUT2D eigenvalue weighted by Gasteiger charge is 2.36. The second kappa shape index (κ2) is 3.88. The highest BCUT2D eigenvalue weighted by molar-refractivity contribution is 7.92. The van der Waals surface area contributed by atoms with Gasteiger partial charge in [0.1, 0.15) is 5.75 Å². The zero-order chi connectivity index (χ0) is 11.8. The van der Waals surface area contributed by atoms with Crippen LogP contribution in [0.3, 0.4) is 0 Å². The van der Waals surface area contributed by atoms with E-state index in [9.17, 15) is 18.4 Å².